The Morgan fingerprint density at radius 3 is 1.07 bits per heavy atom. The molecule has 14 heavy (non-hydrogen) atoms. The van der Waals surface area contributed by atoms with Crippen LogP contribution in [-0.4, -0.2) is 21.4 Å². The van der Waals surface area contributed by atoms with Gasteiger partial charge in [-0.2, -0.15) is 0 Å². The average molecular weight is 202 g/mol. The number of hydrogen-bond acceptors (Lipinski definition) is 2. The Labute approximate surface area is 88.3 Å². The predicted octanol–water partition coefficient (Wildman–Crippen LogP) is 2.58. The Morgan fingerprint density at radius 2 is 1.00 bits per heavy atom. The van der Waals surface area contributed by atoms with Crippen LogP contribution in [-0.2, 0) is 0 Å². The van der Waals surface area contributed by atoms with E-state index in [0.717, 1.165) is 0 Å². The third kappa shape index (κ3) is 1.96. The molecule has 0 aliphatic rings. The molecule has 0 fully saturated rings. The fourth-order valence-electron chi connectivity index (χ4n) is 2.43. The quantitative estimate of drug-likeness (QED) is 0.719. The molecule has 0 unspecified atom stereocenters. The van der Waals surface area contributed by atoms with Gasteiger partial charge in [0.1, 0.15) is 0 Å². The number of hydrogen-bond donors (Lipinski definition) is 2. The van der Waals surface area contributed by atoms with E-state index in [2.05, 4.69) is 0 Å². The van der Waals surface area contributed by atoms with Gasteiger partial charge < -0.3 is 10.2 Å². The second-order valence-electron chi connectivity index (χ2n) is 4.87. The molecule has 0 aliphatic carbocycles. The SMILES string of the molecule is CC[C@@](O)(C(C)C)[C@](O)(CC)C(C)C. The van der Waals surface area contributed by atoms with Gasteiger partial charge in [-0.05, 0) is 24.7 Å². The molecule has 0 saturated heterocycles. The molecule has 0 aromatic heterocycles. The molecule has 0 bridgehead atoms. The monoisotopic (exact) mass is 202 g/mol. The molecule has 2 atom stereocenters. The molecule has 86 valence electrons. The lowest BCUT2D eigenvalue weighted by molar-refractivity contribution is -0.200. The van der Waals surface area contributed by atoms with E-state index in [9.17, 15) is 10.2 Å². The van der Waals surface area contributed by atoms with Gasteiger partial charge >= 0.3 is 0 Å². The van der Waals surface area contributed by atoms with Crippen LogP contribution in [0.1, 0.15) is 54.4 Å². The molecular weight excluding hydrogens is 176 g/mol. The van der Waals surface area contributed by atoms with Crippen molar-refractivity contribution in [2.75, 3.05) is 0 Å². The van der Waals surface area contributed by atoms with E-state index in [-0.39, 0.29) is 11.8 Å². The van der Waals surface area contributed by atoms with E-state index >= 15 is 0 Å². The van der Waals surface area contributed by atoms with E-state index in [1.807, 2.05) is 41.5 Å². The zero-order valence-corrected chi connectivity index (χ0v) is 10.5. The lowest BCUT2D eigenvalue weighted by Gasteiger charge is -2.48. The Kier molecular flexibility index (Phi) is 4.60. The molecule has 0 amide bonds. The van der Waals surface area contributed by atoms with Gasteiger partial charge in [0.15, 0.2) is 0 Å². The van der Waals surface area contributed by atoms with Crippen LogP contribution in [0.4, 0.5) is 0 Å². The van der Waals surface area contributed by atoms with E-state index in [1.54, 1.807) is 0 Å². The van der Waals surface area contributed by atoms with Gasteiger partial charge in [-0.25, -0.2) is 0 Å². The van der Waals surface area contributed by atoms with Gasteiger partial charge in [0.05, 0.1) is 11.2 Å². The number of rotatable bonds is 5. The first-order valence-electron chi connectivity index (χ1n) is 5.71. The van der Waals surface area contributed by atoms with Crippen LogP contribution < -0.4 is 0 Å². The molecule has 0 rings (SSSR count). The Bertz CT molecular complexity index is 157. The highest BCUT2D eigenvalue weighted by molar-refractivity contribution is 5.01. The van der Waals surface area contributed by atoms with Crippen LogP contribution >= 0.6 is 0 Å². The van der Waals surface area contributed by atoms with Crippen LogP contribution in [0, 0.1) is 11.8 Å². The normalized spacial score (nSPS) is 21.0. The second-order valence-corrected chi connectivity index (χ2v) is 4.87. The van der Waals surface area contributed by atoms with Crippen molar-refractivity contribution >= 4 is 0 Å². The first kappa shape index (κ1) is 13.9. The van der Waals surface area contributed by atoms with Gasteiger partial charge in [0.2, 0.25) is 0 Å². The second kappa shape index (κ2) is 4.63. The van der Waals surface area contributed by atoms with Gasteiger partial charge in [0.25, 0.3) is 0 Å². The third-order valence-corrected chi connectivity index (χ3v) is 3.74. The molecule has 0 radical (unpaired) electrons. The topological polar surface area (TPSA) is 40.5 Å². The maximum atomic E-state index is 10.5. The van der Waals surface area contributed by atoms with E-state index < -0.39 is 11.2 Å². The van der Waals surface area contributed by atoms with Gasteiger partial charge in [-0.15, -0.1) is 0 Å². The zero-order chi connectivity index (χ0) is 11.6. The van der Waals surface area contributed by atoms with Crippen molar-refractivity contribution in [1.82, 2.24) is 0 Å². The number of aliphatic hydroxyl groups is 2. The maximum absolute atomic E-state index is 10.5. The van der Waals surface area contributed by atoms with Crippen molar-refractivity contribution in [3.63, 3.8) is 0 Å². The van der Waals surface area contributed by atoms with Gasteiger partial charge in [-0.3, -0.25) is 0 Å². The standard InChI is InChI=1S/C12H26O2/c1-7-11(13,9(3)4)12(14,8-2)10(5)6/h9-10,13-14H,7-8H2,1-6H3/t11-,12+. The largest absolute Gasteiger partial charge is 0.387 e. The minimum absolute atomic E-state index is 0.0693. The summed E-state index contributed by atoms with van der Waals surface area (Å²) in [5.74, 6) is 0.139. The third-order valence-electron chi connectivity index (χ3n) is 3.74. The summed E-state index contributed by atoms with van der Waals surface area (Å²) in [4.78, 5) is 0. The Hall–Kier alpha value is -0.0800. The molecule has 0 aromatic carbocycles. The Balaban J connectivity index is 5.15. The first-order valence-corrected chi connectivity index (χ1v) is 5.71. The van der Waals surface area contributed by atoms with Crippen LogP contribution in [0.2, 0.25) is 0 Å². The molecule has 0 heterocycles. The predicted molar refractivity (Wildman–Crippen MR) is 60.2 cm³/mol. The first-order chi connectivity index (χ1) is 6.26. The summed E-state index contributed by atoms with van der Waals surface area (Å²) in [5.41, 5.74) is -1.95. The van der Waals surface area contributed by atoms with Gasteiger partial charge in [0, 0.05) is 0 Å². The lowest BCUT2D eigenvalue weighted by Crippen LogP contribution is -2.59. The summed E-state index contributed by atoms with van der Waals surface area (Å²) in [6, 6.07) is 0. The van der Waals surface area contributed by atoms with E-state index in [0.29, 0.717) is 12.8 Å². The molecule has 0 aliphatic heterocycles. The van der Waals surface area contributed by atoms with Crippen LogP contribution in [0.3, 0.4) is 0 Å². The highest BCUT2D eigenvalue weighted by Crippen LogP contribution is 2.40. The van der Waals surface area contributed by atoms with Crippen molar-refractivity contribution in [2.24, 2.45) is 11.8 Å². The molecule has 2 nitrogen and oxygen atoms in total. The summed E-state index contributed by atoms with van der Waals surface area (Å²) >= 11 is 0. The van der Waals surface area contributed by atoms with Crippen molar-refractivity contribution in [3.05, 3.63) is 0 Å². The molecular formula is C12H26O2. The molecule has 2 N–H and O–H groups in total. The fourth-order valence-corrected chi connectivity index (χ4v) is 2.43. The van der Waals surface area contributed by atoms with Crippen molar-refractivity contribution in [3.8, 4) is 0 Å². The average Bonchev–Trinajstić information content (AvgIpc) is 2.14. The van der Waals surface area contributed by atoms with Crippen molar-refractivity contribution < 1.29 is 10.2 Å². The lowest BCUT2D eigenvalue weighted by atomic mass is 9.67. The minimum atomic E-state index is -0.976. The summed E-state index contributed by atoms with van der Waals surface area (Å²) in [6.45, 7) is 11.7. The highest BCUT2D eigenvalue weighted by Gasteiger charge is 2.50. The van der Waals surface area contributed by atoms with E-state index in [4.69, 9.17) is 0 Å². The fraction of sp³-hybridized carbons (Fsp3) is 1.00. The van der Waals surface area contributed by atoms with Gasteiger partial charge in [-0.1, -0.05) is 41.5 Å². The summed E-state index contributed by atoms with van der Waals surface area (Å²) in [6.07, 6.45) is 1.18. The summed E-state index contributed by atoms with van der Waals surface area (Å²) in [7, 11) is 0. The highest BCUT2D eigenvalue weighted by atomic mass is 16.4. The van der Waals surface area contributed by atoms with Crippen molar-refractivity contribution in [1.29, 1.82) is 0 Å². The molecule has 2 heteroatoms. The van der Waals surface area contributed by atoms with Crippen LogP contribution in [0.5, 0.6) is 0 Å². The zero-order valence-electron chi connectivity index (χ0n) is 10.5. The molecule has 0 aromatic rings. The summed E-state index contributed by atoms with van der Waals surface area (Å²) < 4.78 is 0. The summed E-state index contributed by atoms with van der Waals surface area (Å²) in [5, 5.41) is 21.1. The van der Waals surface area contributed by atoms with Crippen LogP contribution in [0.25, 0.3) is 0 Å². The maximum Gasteiger partial charge on any atom is 0.0955 e. The van der Waals surface area contributed by atoms with E-state index in [1.165, 1.54) is 0 Å². The van der Waals surface area contributed by atoms with Crippen LogP contribution in [0.15, 0.2) is 0 Å². The molecule has 0 spiro atoms. The smallest absolute Gasteiger partial charge is 0.0955 e. The Morgan fingerprint density at radius 1 is 0.786 bits per heavy atom. The minimum Gasteiger partial charge on any atom is -0.387 e. The van der Waals surface area contributed by atoms with Crippen molar-refractivity contribution in [2.45, 2.75) is 65.6 Å². The molecule has 0 saturated carbocycles.